The van der Waals surface area contributed by atoms with E-state index in [1.807, 2.05) is 60.7 Å². The Hall–Kier alpha value is -3.41. The lowest BCUT2D eigenvalue weighted by Crippen LogP contribution is -2.41. The highest BCUT2D eigenvalue weighted by molar-refractivity contribution is 5.93. The molecule has 29 heavy (non-hydrogen) atoms. The second kappa shape index (κ2) is 8.73. The van der Waals surface area contributed by atoms with Crippen LogP contribution in [0, 0.1) is 5.92 Å². The molecule has 6 heteroatoms. The van der Waals surface area contributed by atoms with Crippen molar-refractivity contribution in [1.29, 1.82) is 0 Å². The van der Waals surface area contributed by atoms with Crippen molar-refractivity contribution in [2.45, 2.75) is 12.8 Å². The van der Waals surface area contributed by atoms with E-state index < -0.39 is 0 Å². The molecule has 0 saturated carbocycles. The molecule has 1 fully saturated rings. The lowest BCUT2D eigenvalue weighted by atomic mass is 9.97. The smallest absolute Gasteiger partial charge is 0.229 e. The number of carbonyl (C=O) groups excluding carboxylic acids is 1. The number of methoxy groups -OCH3 is 1. The van der Waals surface area contributed by atoms with E-state index in [1.165, 1.54) is 0 Å². The number of anilines is 2. The number of carbonyl (C=O) groups is 1. The quantitative estimate of drug-likeness (QED) is 0.715. The van der Waals surface area contributed by atoms with Gasteiger partial charge in [-0.2, -0.15) is 0 Å². The van der Waals surface area contributed by atoms with Crippen molar-refractivity contribution in [1.82, 2.24) is 9.97 Å². The maximum absolute atomic E-state index is 12.8. The minimum absolute atomic E-state index is 0.0280. The largest absolute Gasteiger partial charge is 0.497 e. The molecule has 3 aromatic rings. The number of nitrogens with one attached hydrogen (secondary N) is 1. The van der Waals surface area contributed by atoms with E-state index in [4.69, 9.17) is 4.74 Å². The Balaban J connectivity index is 1.46. The summed E-state index contributed by atoms with van der Waals surface area (Å²) < 4.78 is 5.23. The molecule has 1 saturated heterocycles. The first-order valence-electron chi connectivity index (χ1n) is 9.80. The molecular weight excluding hydrogens is 364 g/mol. The Morgan fingerprint density at radius 3 is 2.79 bits per heavy atom. The molecule has 1 atom stereocenters. The summed E-state index contributed by atoms with van der Waals surface area (Å²) in [6, 6.07) is 19.5. The summed E-state index contributed by atoms with van der Waals surface area (Å²) >= 11 is 0. The fourth-order valence-corrected chi connectivity index (χ4v) is 3.63. The van der Waals surface area contributed by atoms with E-state index in [-0.39, 0.29) is 11.8 Å². The summed E-state index contributed by atoms with van der Waals surface area (Å²) in [5, 5.41) is 3.02. The number of hydrogen-bond acceptors (Lipinski definition) is 5. The van der Waals surface area contributed by atoms with Crippen molar-refractivity contribution in [3.63, 3.8) is 0 Å². The van der Waals surface area contributed by atoms with Crippen molar-refractivity contribution in [3.8, 4) is 17.0 Å². The number of nitrogens with zero attached hydrogens (tertiary/aromatic N) is 3. The van der Waals surface area contributed by atoms with Crippen LogP contribution in [0.25, 0.3) is 11.3 Å². The zero-order chi connectivity index (χ0) is 20.1. The molecule has 1 amide bonds. The van der Waals surface area contributed by atoms with Gasteiger partial charge in [-0.1, -0.05) is 36.4 Å². The van der Waals surface area contributed by atoms with E-state index in [0.717, 1.165) is 47.9 Å². The molecular formula is C23H24N4O2. The molecule has 1 unspecified atom stereocenters. The fourth-order valence-electron chi connectivity index (χ4n) is 3.63. The van der Waals surface area contributed by atoms with E-state index in [9.17, 15) is 4.79 Å². The van der Waals surface area contributed by atoms with Crippen LogP contribution in [-0.4, -0.2) is 36.1 Å². The van der Waals surface area contributed by atoms with Gasteiger partial charge in [0.05, 0.1) is 18.7 Å². The number of piperidine rings is 1. The van der Waals surface area contributed by atoms with Gasteiger partial charge in [-0.15, -0.1) is 0 Å². The average Bonchev–Trinajstić information content (AvgIpc) is 2.80. The predicted molar refractivity (Wildman–Crippen MR) is 114 cm³/mol. The van der Waals surface area contributed by atoms with Gasteiger partial charge in [-0.25, -0.2) is 9.97 Å². The highest BCUT2D eigenvalue weighted by Gasteiger charge is 2.27. The van der Waals surface area contributed by atoms with Crippen LogP contribution in [0.5, 0.6) is 5.75 Å². The van der Waals surface area contributed by atoms with Gasteiger partial charge < -0.3 is 15.0 Å². The van der Waals surface area contributed by atoms with Gasteiger partial charge in [0.1, 0.15) is 17.9 Å². The number of hydrogen-bond donors (Lipinski definition) is 1. The second-order valence-corrected chi connectivity index (χ2v) is 7.13. The number of rotatable bonds is 5. The Morgan fingerprint density at radius 1 is 1.10 bits per heavy atom. The molecule has 4 rings (SSSR count). The van der Waals surface area contributed by atoms with Gasteiger partial charge >= 0.3 is 0 Å². The molecule has 1 N–H and O–H groups in total. The normalized spacial score (nSPS) is 16.3. The molecule has 2 aromatic carbocycles. The Bertz CT molecular complexity index is 977. The Morgan fingerprint density at radius 2 is 1.97 bits per heavy atom. The minimum atomic E-state index is -0.0925. The van der Waals surface area contributed by atoms with E-state index in [1.54, 1.807) is 13.4 Å². The summed E-state index contributed by atoms with van der Waals surface area (Å²) in [6.07, 6.45) is 3.40. The lowest BCUT2D eigenvalue weighted by Gasteiger charge is -2.33. The van der Waals surface area contributed by atoms with Crippen molar-refractivity contribution < 1.29 is 9.53 Å². The van der Waals surface area contributed by atoms with Gasteiger partial charge in [-0.3, -0.25) is 4.79 Å². The van der Waals surface area contributed by atoms with E-state index in [2.05, 4.69) is 20.2 Å². The van der Waals surface area contributed by atoms with Gasteiger partial charge in [0.15, 0.2) is 0 Å². The number of aromatic nitrogens is 2. The lowest BCUT2D eigenvalue weighted by molar-refractivity contribution is -0.120. The highest BCUT2D eigenvalue weighted by atomic mass is 16.5. The maximum Gasteiger partial charge on any atom is 0.229 e. The second-order valence-electron chi connectivity index (χ2n) is 7.13. The molecule has 2 heterocycles. The van der Waals surface area contributed by atoms with Crippen LogP contribution < -0.4 is 15.0 Å². The first-order valence-corrected chi connectivity index (χ1v) is 9.80. The standard InChI is InChI=1S/C23H24N4O2/c1-29-20-11-5-10-19(13-20)26-23(28)18-9-6-12-27(15-18)22-14-21(24-16-25-22)17-7-3-2-4-8-17/h2-5,7-8,10-11,13-14,16,18H,6,9,12,15H2,1H3,(H,26,28). The predicted octanol–water partition coefficient (Wildman–Crippen LogP) is 4.01. The summed E-state index contributed by atoms with van der Waals surface area (Å²) in [4.78, 5) is 23.9. The monoisotopic (exact) mass is 388 g/mol. The summed E-state index contributed by atoms with van der Waals surface area (Å²) in [7, 11) is 1.62. The molecule has 148 valence electrons. The first-order chi connectivity index (χ1) is 14.2. The molecule has 1 aromatic heterocycles. The topological polar surface area (TPSA) is 67.3 Å². The fraction of sp³-hybridized carbons (Fsp3) is 0.261. The van der Waals surface area contributed by atoms with Crippen LogP contribution in [0.1, 0.15) is 12.8 Å². The maximum atomic E-state index is 12.8. The van der Waals surface area contributed by atoms with Gasteiger partial charge in [0, 0.05) is 36.5 Å². The van der Waals surface area contributed by atoms with Crippen LogP contribution in [-0.2, 0) is 4.79 Å². The summed E-state index contributed by atoms with van der Waals surface area (Å²) in [5.41, 5.74) is 2.69. The zero-order valence-corrected chi connectivity index (χ0v) is 16.4. The van der Waals surface area contributed by atoms with E-state index in [0.29, 0.717) is 6.54 Å². The Labute approximate surface area is 170 Å². The molecule has 0 spiro atoms. The minimum Gasteiger partial charge on any atom is -0.497 e. The summed E-state index contributed by atoms with van der Waals surface area (Å²) in [5.74, 6) is 1.52. The van der Waals surface area contributed by atoms with Crippen molar-refractivity contribution in [3.05, 3.63) is 67.0 Å². The molecule has 1 aliphatic rings. The third-order valence-corrected chi connectivity index (χ3v) is 5.18. The number of benzene rings is 2. The van der Waals surface area contributed by atoms with Crippen molar-refractivity contribution >= 4 is 17.4 Å². The van der Waals surface area contributed by atoms with Gasteiger partial charge in [0.25, 0.3) is 0 Å². The van der Waals surface area contributed by atoms with E-state index >= 15 is 0 Å². The molecule has 1 aliphatic heterocycles. The zero-order valence-electron chi connectivity index (χ0n) is 16.4. The molecule has 0 radical (unpaired) electrons. The SMILES string of the molecule is COc1cccc(NC(=O)C2CCCN(c3cc(-c4ccccc4)ncn3)C2)c1. The third kappa shape index (κ3) is 4.54. The average molecular weight is 388 g/mol. The van der Waals surface area contributed by atoms with Crippen LogP contribution in [0.2, 0.25) is 0 Å². The van der Waals surface area contributed by atoms with Gasteiger partial charge in [-0.05, 0) is 25.0 Å². The van der Waals surface area contributed by atoms with Crippen LogP contribution in [0.15, 0.2) is 67.0 Å². The highest BCUT2D eigenvalue weighted by Crippen LogP contribution is 2.26. The first kappa shape index (κ1) is 18.9. The third-order valence-electron chi connectivity index (χ3n) is 5.18. The van der Waals surface area contributed by atoms with Crippen LogP contribution >= 0.6 is 0 Å². The van der Waals surface area contributed by atoms with Crippen LogP contribution in [0.3, 0.4) is 0 Å². The van der Waals surface area contributed by atoms with Gasteiger partial charge in [0.2, 0.25) is 5.91 Å². The molecule has 0 aliphatic carbocycles. The van der Waals surface area contributed by atoms with Crippen LogP contribution in [0.4, 0.5) is 11.5 Å². The molecule has 6 nitrogen and oxygen atoms in total. The number of amides is 1. The van der Waals surface area contributed by atoms with Crippen molar-refractivity contribution in [2.24, 2.45) is 5.92 Å². The van der Waals surface area contributed by atoms with Crippen molar-refractivity contribution in [2.75, 3.05) is 30.4 Å². The number of ether oxygens (including phenoxy) is 1. The summed E-state index contributed by atoms with van der Waals surface area (Å²) in [6.45, 7) is 1.52. The Kier molecular flexibility index (Phi) is 5.70. The molecule has 0 bridgehead atoms.